The maximum atomic E-state index is 13.0. The van der Waals surface area contributed by atoms with E-state index in [2.05, 4.69) is 9.72 Å². The lowest BCUT2D eigenvalue weighted by Gasteiger charge is -1.99. The van der Waals surface area contributed by atoms with Gasteiger partial charge in [0.25, 0.3) is 0 Å². The molecule has 2 rings (SSSR count). The van der Waals surface area contributed by atoms with Crippen molar-refractivity contribution in [2.24, 2.45) is 0 Å². The molecule has 0 amide bonds. The Labute approximate surface area is 104 Å². The quantitative estimate of drug-likeness (QED) is 0.623. The number of esters is 1. The molecule has 1 aromatic heterocycles. The number of thiazole rings is 1. The number of rotatable bonds is 2. The maximum Gasteiger partial charge on any atom is 0.349 e. The smallest absolute Gasteiger partial charge is 0.349 e. The Bertz CT molecular complexity index is 589. The normalized spacial score (nSPS) is 10.4. The highest BCUT2D eigenvalue weighted by atomic mass is 32.1. The SMILES string of the molecule is COC(=O)c1cnc(-c2cc(F)c(F)c(F)c2)s1. The number of methoxy groups -OCH3 is 1. The molecule has 0 unspecified atom stereocenters. The first kappa shape index (κ1) is 12.6. The van der Waals surface area contributed by atoms with Crippen LogP contribution in [0.3, 0.4) is 0 Å². The summed E-state index contributed by atoms with van der Waals surface area (Å²) in [5.74, 6) is -4.75. The van der Waals surface area contributed by atoms with E-state index < -0.39 is 23.4 Å². The molecule has 0 atom stereocenters. The Morgan fingerprint density at radius 2 is 1.89 bits per heavy atom. The van der Waals surface area contributed by atoms with Crippen molar-refractivity contribution in [1.29, 1.82) is 0 Å². The number of halogens is 3. The molecule has 0 aliphatic heterocycles. The molecule has 0 bridgehead atoms. The summed E-state index contributed by atoms with van der Waals surface area (Å²) < 4.78 is 43.3. The molecule has 0 aliphatic rings. The number of nitrogens with zero attached hydrogens (tertiary/aromatic N) is 1. The van der Waals surface area contributed by atoms with Gasteiger partial charge in [0.2, 0.25) is 0 Å². The molecule has 1 heterocycles. The van der Waals surface area contributed by atoms with E-state index in [1.165, 1.54) is 13.3 Å². The molecule has 18 heavy (non-hydrogen) atoms. The minimum Gasteiger partial charge on any atom is -0.465 e. The van der Waals surface area contributed by atoms with Crippen LogP contribution in [0.1, 0.15) is 9.67 Å². The summed E-state index contributed by atoms with van der Waals surface area (Å²) in [5, 5.41) is 0.202. The Balaban J connectivity index is 2.43. The summed E-state index contributed by atoms with van der Waals surface area (Å²) in [6, 6.07) is 1.64. The molecule has 0 saturated heterocycles. The molecule has 0 aliphatic carbocycles. The predicted molar refractivity (Wildman–Crippen MR) is 58.8 cm³/mol. The molecule has 7 heteroatoms. The summed E-state index contributed by atoms with van der Waals surface area (Å²) in [5.41, 5.74) is 0.0616. The second-order valence-electron chi connectivity index (χ2n) is 3.28. The summed E-state index contributed by atoms with van der Waals surface area (Å²) in [6.45, 7) is 0. The van der Waals surface area contributed by atoms with Crippen molar-refractivity contribution in [3.05, 3.63) is 40.7 Å². The van der Waals surface area contributed by atoms with E-state index in [0.29, 0.717) is 0 Å². The zero-order valence-corrected chi connectivity index (χ0v) is 9.85. The summed E-state index contributed by atoms with van der Waals surface area (Å²) >= 11 is 0.900. The highest BCUT2D eigenvalue weighted by Gasteiger charge is 2.16. The number of benzene rings is 1. The summed E-state index contributed by atoms with van der Waals surface area (Å²) in [6.07, 6.45) is 1.23. The summed E-state index contributed by atoms with van der Waals surface area (Å²) in [7, 11) is 1.21. The topological polar surface area (TPSA) is 39.2 Å². The number of carbonyl (C=O) groups excluding carboxylic acids is 1. The molecule has 0 fully saturated rings. The number of carbonyl (C=O) groups is 1. The Kier molecular flexibility index (Phi) is 3.33. The standard InChI is InChI=1S/C11H6F3NO2S/c1-17-11(16)8-4-15-10(18-8)5-2-6(12)9(14)7(13)3-5/h2-4H,1H3. The van der Waals surface area contributed by atoms with E-state index in [0.717, 1.165) is 23.5 Å². The van der Waals surface area contributed by atoms with Crippen LogP contribution in [-0.2, 0) is 4.74 Å². The van der Waals surface area contributed by atoms with E-state index in [4.69, 9.17) is 0 Å². The van der Waals surface area contributed by atoms with Gasteiger partial charge in [-0.3, -0.25) is 0 Å². The lowest BCUT2D eigenvalue weighted by molar-refractivity contribution is 0.0606. The van der Waals surface area contributed by atoms with Crippen molar-refractivity contribution < 1.29 is 22.7 Å². The molecule has 0 N–H and O–H groups in total. The third-order valence-electron chi connectivity index (χ3n) is 2.12. The molecular weight excluding hydrogens is 267 g/mol. The number of ether oxygens (including phenoxy) is 1. The van der Waals surface area contributed by atoms with Crippen LogP contribution in [0.25, 0.3) is 10.6 Å². The van der Waals surface area contributed by atoms with Crippen molar-refractivity contribution in [3.8, 4) is 10.6 Å². The van der Waals surface area contributed by atoms with Crippen molar-refractivity contribution in [1.82, 2.24) is 4.98 Å². The van der Waals surface area contributed by atoms with E-state index in [-0.39, 0.29) is 15.4 Å². The van der Waals surface area contributed by atoms with Crippen LogP contribution in [0.4, 0.5) is 13.2 Å². The van der Waals surface area contributed by atoms with Gasteiger partial charge in [-0.2, -0.15) is 0 Å². The minimum atomic E-state index is -1.54. The molecule has 3 nitrogen and oxygen atoms in total. The fourth-order valence-electron chi connectivity index (χ4n) is 1.28. The second-order valence-corrected chi connectivity index (χ2v) is 4.31. The highest BCUT2D eigenvalue weighted by Crippen LogP contribution is 2.28. The fourth-order valence-corrected chi connectivity index (χ4v) is 2.10. The van der Waals surface area contributed by atoms with Gasteiger partial charge >= 0.3 is 5.97 Å². The molecule has 2 aromatic rings. The van der Waals surface area contributed by atoms with Gasteiger partial charge in [-0.15, -0.1) is 11.3 Å². The van der Waals surface area contributed by atoms with E-state index in [1.807, 2.05) is 0 Å². The van der Waals surface area contributed by atoms with Gasteiger partial charge in [0, 0.05) is 5.56 Å². The summed E-state index contributed by atoms with van der Waals surface area (Å²) in [4.78, 5) is 15.2. The lowest BCUT2D eigenvalue weighted by Crippen LogP contribution is -1.96. The van der Waals surface area contributed by atoms with Crippen molar-refractivity contribution in [3.63, 3.8) is 0 Å². The van der Waals surface area contributed by atoms with E-state index in [9.17, 15) is 18.0 Å². The van der Waals surface area contributed by atoms with Gasteiger partial charge in [0.1, 0.15) is 9.88 Å². The Morgan fingerprint density at radius 3 is 2.44 bits per heavy atom. The molecule has 1 aromatic carbocycles. The van der Waals surface area contributed by atoms with E-state index in [1.54, 1.807) is 0 Å². The van der Waals surface area contributed by atoms with Gasteiger partial charge < -0.3 is 4.74 Å². The molecule has 0 radical (unpaired) electrons. The average molecular weight is 273 g/mol. The van der Waals surface area contributed by atoms with E-state index >= 15 is 0 Å². The van der Waals surface area contributed by atoms with Gasteiger partial charge in [0.15, 0.2) is 17.5 Å². The first-order valence-corrected chi connectivity index (χ1v) is 5.53. The zero-order chi connectivity index (χ0) is 13.3. The average Bonchev–Trinajstić information content (AvgIpc) is 2.84. The molecule has 94 valence electrons. The third-order valence-corrected chi connectivity index (χ3v) is 3.15. The fraction of sp³-hybridized carbons (Fsp3) is 0.0909. The highest BCUT2D eigenvalue weighted by molar-refractivity contribution is 7.16. The van der Waals surface area contributed by atoms with Crippen LogP contribution in [0.5, 0.6) is 0 Å². The van der Waals surface area contributed by atoms with Crippen LogP contribution in [0.2, 0.25) is 0 Å². The number of hydrogen-bond donors (Lipinski definition) is 0. The monoisotopic (exact) mass is 273 g/mol. The Hall–Kier alpha value is -1.89. The largest absolute Gasteiger partial charge is 0.465 e. The van der Waals surface area contributed by atoms with Crippen molar-refractivity contribution in [2.45, 2.75) is 0 Å². The van der Waals surface area contributed by atoms with Crippen LogP contribution in [0.15, 0.2) is 18.3 Å². The van der Waals surface area contributed by atoms with Crippen LogP contribution in [0, 0.1) is 17.5 Å². The molecule has 0 saturated carbocycles. The number of aromatic nitrogens is 1. The zero-order valence-electron chi connectivity index (χ0n) is 9.04. The third kappa shape index (κ3) is 2.21. The Morgan fingerprint density at radius 1 is 1.28 bits per heavy atom. The van der Waals surface area contributed by atoms with Gasteiger partial charge in [-0.05, 0) is 12.1 Å². The minimum absolute atomic E-state index is 0.0616. The first-order chi connectivity index (χ1) is 8.52. The second kappa shape index (κ2) is 4.77. The van der Waals surface area contributed by atoms with Crippen molar-refractivity contribution in [2.75, 3.05) is 7.11 Å². The van der Waals surface area contributed by atoms with Crippen molar-refractivity contribution >= 4 is 17.3 Å². The molecule has 0 spiro atoms. The lowest BCUT2D eigenvalue weighted by atomic mass is 10.2. The van der Waals surface area contributed by atoms with Gasteiger partial charge in [0.05, 0.1) is 13.3 Å². The molecular formula is C11H6F3NO2S. The predicted octanol–water partition coefficient (Wildman–Crippen LogP) is 3.01. The number of hydrogen-bond acceptors (Lipinski definition) is 4. The van der Waals surface area contributed by atoms with Gasteiger partial charge in [-0.1, -0.05) is 0 Å². The van der Waals surface area contributed by atoms with Crippen LogP contribution in [-0.4, -0.2) is 18.1 Å². The first-order valence-electron chi connectivity index (χ1n) is 4.72. The van der Waals surface area contributed by atoms with Crippen LogP contribution < -0.4 is 0 Å². The maximum absolute atomic E-state index is 13.0. The van der Waals surface area contributed by atoms with Gasteiger partial charge in [-0.25, -0.2) is 22.9 Å². The van der Waals surface area contributed by atoms with Crippen LogP contribution >= 0.6 is 11.3 Å².